The summed E-state index contributed by atoms with van der Waals surface area (Å²) in [4.78, 5) is 11.6. The van der Waals surface area contributed by atoms with Crippen molar-refractivity contribution in [2.45, 2.75) is 12.3 Å². The molecule has 4 heterocycles. The third-order valence-corrected chi connectivity index (χ3v) is 5.84. The molecule has 5 rings (SSSR count). The summed E-state index contributed by atoms with van der Waals surface area (Å²) in [7, 11) is 0. The summed E-state index contributed by atoms with van der Waals surface area (Å²) in [6.07, 6.45) is 6.05. The lowest BCUT2D eigenvalue weighted by molar-refractivity contribution is 0.533. The standard InChI is InChI=1S/C19H15F2N5S/c20-14-4-1-5-15(21)17(14)13-6-8-25(10-13)19-24-26-11-16(23-18(26)27-19)12-3-2-7-22-9-12/h1-5,7,9,11,13H,6,8,10H2. The van der Waals surface area contributed by atoms with E-state index < -0.39 is 11.6 Å². The van der Waals surface area contributed by atoms with Gasteiger partial charge in [0.2, 0.25) is 10.1 Å². The molecular formula is C19H15F2N5S. The third-order valence-electron chi connectivity index (χ3n) is 4.86. The number of aromatic nitrogens is 4. The predicted octanol–water partition coefficient (Wildman–Crippen LogP) is 4.12. The number of hydrogen-bond donors (Lipinski definition) is 0. The molecule has 27 heavy (non-hydrogen) atoms. The van der Waals surface area contributed by atoms with Crippen LogP contribution in [0.15, 0.2) is 48.9 Å². The van der Waals surface area contributed by atoms with E-state index in [2.05, 4.69) is 20.0 Å². The largest absolute Gasteiger partial charge is 0.346 e. The summed E-state index contributed by atoms with van der Waals surface area (Å²) < 4.78 is 29.9. The summed E-state index contributed by atoms with van der Waals surface area (Å²) in [6.45, 7) is 1.26. The van der Waals surface area contributed by atoms with Crippen molar-refractivity contribution in [1.82, 2.24) is 19.6 Å². The minimum absolute atomic E-state index is 0.173. The Hall–Kier alpha value is -2.87. The van der Waals surface area contributed by atoms with Crippen molar-refractivity contribution in [2.75, 3.05) is 18.0 Å². The van der Waals surface area contributed by atoms with Gasteiger partial charge in [-0.25, -0.2) is 18.3 Å². The SMILES string of the molecule is Fc1cccc(F)c1C1CCN(c2nn3cc(-c4cccnc4)nc3s2)C1. The van der Waals surface area contributed by atoms with E-state index in [9.17, 15) is 8.78 Å². The van der Waals surface area contributed by atoms with Gasteiger partial charge in [-0.2, -0.15) is 0 Å². The molecule has 1 saturated heterocycles. The van der Waals surface area contributed by atoms with Crippen molar-refractivity contribution in [1.29, 1.82) is 0 Å². The highest BCUT2D eigenvalue weighted by molar-refractivity contribution is 7.20. The summed E-state index contributed by atoms with van der Waals surface area (Å²) in [5, 5.41) is 5.42. The minimum atomic E-state index is -0.475. The Morgan fingerprint density at radius 3 is 2.70 bits per heavy atom. The molecule has 1 fully saturated rings. The lowest BCUT2D eigenvalue weighted by Crippen LogP contribution is -2.19. The minimum Gasteiger partial charge on any atom is -0.346 e. The first-order valence-corrected chi connectivity index (χ1v) is 9.46. The zero-order valence-corrected chi connectivity index (χ0v) is 15.0. The molecule has 0 radical (unpaired) electrons. The predicted molar refractivity (Wildman–Crippen MR) is 100 cm³/mol. The van der Waals surface area contributed by atoms with Gasteiger partial charge < -0.3 is 4.90 Å². The van der Waals surface area contributed by atoms with Crippen LogP contribution in [-0.2, 0) is 0 Å². The van der Waals surface area contributed by atoms with Crippen LogP contribution in [0.2, 0.25) is 0 Å². The molecule has 4 aromatic rings. The molecule has 8 heteroatoms. The average molecular weight is 383 g/mol. The first-order chi connectivity index (χ1) is 13.2. The highest BCUT2D eigenvalue weighted by atomic mass is 32.1. The van der Waals surface area contributed by atoms with Crippen LogP contribution >= 0.6 is 11.3 Å². The number of fused-ring (bicyclic) bond motifs is 1. The van der Waals surface area contributed by atoms with Crippen molar-refractivity contribution >= 4 is 21.4 Å². The van der Waals surface area contributed by atoms with Crippen LogP contribution in [0, 0.1) is 11.6 Å². The summed E-state index contributed by atoms with van der Waals surface area (Å²) in [5.74, 6) is -1.12. The fraction of sp³-hybridized carbons (Fsp3) is 0.211. The van der Waals surface area contributed by atoms with Crippen LogP contribution in [-0.4, -0.2) is 32.7 Å². The van der Waals surface area contributed by atoms with E-state index in [1.165, 1.54) is 29.5 Å². The van der Waals surface area contributed by atoms with Gasteiger partial charge in [-0.1, -0.05) is 17.4 Å². The zero-order chi connectivity index (χ0) is 18.4. The summed E-state index contributed by atoms with van der Waals surface area (Å²) in [5.41, 5.74) is 1.94. The molecule has 0 N–H and O–H groups in total. The fourth-order valence-electron chi connectivity index (χ4n) is 3.54. The van der Waals surface area contributed by atoms with E-state index in [0.29, 0.717) is 19.5 Å². The Morgan fingerprint density at radius 1 is 1.11 bits per heavy atom. The lowest BCUT2D eigenvalue weighted by atomic mass is 9.97. The van der Waals surface area contributed by atoms with Crippen LogP contribution in [0.4, 0.5) is 13.9 Å². The number of pyridine rings is 1. The highest BCUT2D eigenvalue weighted by Gasteiger charge is 2.30. The highest BCUT2D eigenvalue weighted by Crippen LogP contribution is 2.35. The Bertz CT molecular complexity index is 1060. The molecule has 0 saturated carbocycles. The number of nitrogens with zero attached hydrogens (tertiary/aromatic N) is 5. The van der Waals surface area contributed by atoms with E-state index in [-0.39, 0.29) is 11.5 Å². The molecule has 1 aliphatic heterocycles. The molecule has 1 unspecified atom stereocenters. The molecule has 1 atom stereocenters. The number of anilines is 1. The Labute approximate surface area is 157 Å². The molecular weight excluding hydrogens is 368 g/mol. The second kappa shape index (κ2) is 6.38. The Morgan fingerprint density at radius 2 is 1.96 bits per heavy atom. The molecule has 136 valence electrons. The van der Waals surface area contributed by atoms with Crippen LogP contribution < -0.4 is 4.90 Å². The molecule has 1 aliphatic rings. The second-order valence-corrected chi connectivity index (χ2v) is 7.48. The maximum atomic E-state index is 14.1. The number of imidazole rings is 1. The van der Waals surface area contributed by atoms with Gasteiger partial charge in [-0.05, 0) is 30.7 Å². The lowest BCUT2D eigenvalue weighted by Gasteiger charge is -2.15. The summed E-state index contributed by atoms with van der Waals surface area (Å²) in [6, 6.07) is 7.86. The summed E-state index contributed by atoms with van der Waals surface area (Å²) >= 11 is 1.47. The van der Waals surface area contributed by atoms with Crippen molar-refractivity contribution in [3.05, 3.63) is 66.1 Å². The molecule has 0 aliphatic carbocycles. The topological polar surface area (TPSA) is 46.3 Å². The van der Waals surface area contributed by atoms with Crippen molar-refractivity contribution in [3.63, 3.8) is 0 Å². The number of benzene rings is 1. The third kappa shape index (κ3) is 2.86. The quantitative estimate of drug-likeness (QED) is 0.534. The van der Waals surface area contributed by atoms with E-state index in [1.54, 1.807) is 16.9 Å². The molecule has 5 nitrogen and oxygen atoms in total. The van der Waals surface area contributed by atoms with E-state index >= 15 is 0 Å². The number of hydrogen-bond acceptors (Lipinski definition) is 5. The first kappa shape index (κ1) is 16.3. The van der Waals surface area contributed by atoms with E-state index in [0.717, 1.165) is 21.3 Å². The van der Waals surface area contributed by atoms with Gasteiger partial charge >= 0.3 is 0 Å². The van der Waals surface area contributed by atoms with E-state index in [1.807, 2.05) is 18.3 Å². The average Bonchev–Trinajstić information content (AvgIpc) is 3.36. The molecule has 0 bridgehead atoms. The van der Waals surface area contributed by atoms with Crippen molar-refractivity contribution in [2.24, 2.45) is 0 Å². The van der Waals surface area contributed by atoms with Crippen LogP contribution in [0.1, 0.15) is 17.9 Å². The van der Waals surface area contributed by atoms with Crippen LogP contribution in [0.5, 0.6) is 0 Å². The van der Waals surface area contributed by atoms with Gasteiger partial charge in [-0.3, -0.25) is 4.98 Å². The molecule has 0 amide bonds. The number of rotatable bonds is 3. The Balaban J connectivity index is 1.39. The molecule has 1 aromatic carbocycles. The van der Waals surface area contributed by atoms with Crippen molar-refractivity contribution in [3.8, 4) is 11.3 Å². The first-order valence-electron chi connectivity index (χ1n) is 8.64. The monoisotopic (exact) mass is 383 g/mol. The number of halogens is 2. The van der Waals surface area contributed by atoms with Gasteiger partial charge in [0, 0.05) is 42.5 Å². The van der Waals surface area contributed by atoms with Gasteiger partial charge in [-0.15, -0.1) is 5.10 Å². The van der Waals surface area contributed by atoms with Gasteiger partial charge in [0.15, 0.2) is 0 Å². The Kier molecular flexibility index (Phi) is 3.86. The van der Waals surface area contributed by atoms with Gasteiger partial charge in [0.25, 0.3) is 0 Å². The molecule has 0 spiro atoms. The maximum absolute atomic E-state index is 14.1. The smallest absolute Gasteiger partial charge is 0.214 e. The normalized spacial score (nSPS) is 17.1. The van der Waals surface area contributed by atoms with Crippen LogP contribution in [0.3, 0.4) is 0 Å². The molecule has 3 aromatic heterocycles. The van der Waals surface area contributed by atoms with Crippen molar-refractivity contribution < 1.29 is 8.78 Å². The van der Waals surface area contributed by atoms with E-state index in [4.69, 9.17) is 0 Å². The maximum Gasteiger partial charge on any atom is 0.214 e. The van der Waals surface area contributed by atoms with Gasteiger partial charge in [0.1, 0.15) is 11.6 Å². The van der Waals surface area contributed by atoms with Gasteiger partial charge in [0.05, 0.1) is 11.9 Å². The fourth-order valence-corrected chi connectivity index (χ4v) is 4.46. The second-order valence-electron chi connectivity index (χ2n) is 6.55. The zero-order valence-electron chi connectivity index (χ0n) is 14.2. The van der Waals surface area contributed by atoms with Crippen LogP contribution in [0.25, 0.3) is 16.2 Å².